The number of benzene rings is 1. The molecular weight excluding hydrogens is 487 g/mol. The Balaban J connectivity index is 0.000000479. The lowest BCUT2D eigenvalue weighted by molar-refractivity contribution is -0.192. The predicted molar refractivity (Wildman–Crippen MR) is 133 cm³/mol. The number of nitrogens with zero attached hydrogens (tertiary/aromatic N) is 4. The molecule has 37 heavy (non-hydrogen) atoms. The molecule has 8 nitrogen and oxygen atoms in total. The number of carboxylic acid groups (broad SMARTS) is 1. The molecule has 0 bridgehead atoms. The van der Waals surface area contributed by atoms with Crippen molar-refractivity contribution in [3.05, 3.63) is 66.5 Å². The standard InChI is InChI=1S/C24H25N5O.C2HF3O2/c1-16-7-5-8-17(13-16)22-23(29-20(28-22)9-6-11-26-29)18-10-12-25-19(14-18)27-21(30)15-24(2,3)4;3-2(4,5)1(6)7/h5-14H,15H2,1-4H3,(H,25,27,30);(H,6,7). The summed E-state index contributed by atoms with van der Waals surface area (Å²) in [5, 5.41) is 14.6. The lowest BCUT2D eigenvalue weighted by Gasteiger charge is -2.17. The van der Waals surface area contributed by atoms with E-state index in [1.807, 2.05) is 61.7 Å². The zero-order chi connectivity index (χ0) is 27.4. The normalized spacial score (nSPS) is 11.5. The molecule has 4 rings (SSSR count). The number of nitrogens with one attached hydrogen (secondary N) is 1. The van der Waals surface area contributed by atoms with E-state index in [2.05, 4.69) is 34.5 Å². The number of fused-ring (bicyclic) bond motifs is 1. The summed E-state index contributed by atoms with van der Waals surface area (Å²) in [5.41, 5.74) is 5.45. The van der Waals surface area contributed by atoms with Crippen molar-refractivity contribution in [1.82, 2.24) is 19.6 Å². The van der Waals surface area contributed by atoms with Gasteiger partial charge in [-0.05, 0) is 42.7 Å². The number of anilines is 1. The van der Waals surface area contributed by atoms with E-state index in [9.17, 15) is 18.0 Å². The number of carboxylic acids is 1. The Morgan fingerprint density at radius 2 is 1.70 bits per heavy atom. The fraction of sp³-hybridized carbons (Fsp3) is 0.269. The Morgan fingerprint density at radius 1 is 1.00 bits per heavy atom. The maximum atomic E-state index is 12.4. The largest absolute Gasteiger partial charge is 0.490 e. The molecule has 0 unspecified atom stereocenters. The molecule has 0 saturated heterocycles. The number of alkyl halides is 3. The summed E-state index contributed by atoms with van der Waals surface area (Å²) in [6, 6.07) is 15.8. The average molecular weight is 514 g/mol. The number of hydrogen-bond acceptors (Lipinski definition) is 5. The number of aryl methyl sites for hydroxylation is 1. The summed E-state index contributed by atoms with van der Waals surface area (Å²) in [6.07, 6.45) is -1.22. The summed E-state index contributed by atoms with van der Waals surface area (Å²) in [6.45, 7) is 8.17. The molecule has 3 aromatic heterocycles. The number of pyridine rings is 1. The van der Waals surface area contributed by atoms with Crippen LogP contribution in [0, 0.1) is 12.3 Å². The molecular formula is C26H26F3N5O3. The first-order valence-corrected chi connectivity index (χ1v) is 11.2. The molecule has 0 fully saturated rings. The predicted octanol–water partition coefficient (Wildman–Crippen LogP) is 5.77. The number of aliphatic carboxylic acids is 1. The number of aromatic nitrogens is 4. The molecule has 0 atom stereocenters. The fourth-order valence-corrected chi connectivity index (χ4v) is 3.46. The van der Waals surface area contributed by atoms with Crippen molar-refractivity contribution < 1.29 is 27.9 Å². The number of rotatable bonds is 4. The molecule has 194 valence electrons. The van der Waals surface area contributed by atoms with Crippen molar-refractivity contribution in [1.29, 1.82) is 0 Å². The van der Waals surface area contributed by atoms with Gasteiger partial charge < -0.3 is 10.4 Å². The lowest BCUT2D eigenvalue weighted by Crippen LogP contribution is -2.21. The number of halogens is 3. The Hall–Kier alpha value is -4.28. The van der Waals surface area contributed by atoms with Crippen LogP contribution in [0.3, 0.4) is 0 Å². The van der Waals surface area contributed by atoms with E-state index in [4.69, 9.17) is 14.9 Å². The molecule has 0 saturated carbocycles. The quantitative estimate of drug-likeness (QED) is 0.358. The van der Waals surface area contributed by atoms with Crippen LogP contribution < -0.4 is 5.32 Å². The Morgan fingerprint density at radius 3 is 2.32 bits per heavy atom. The highest BCUT2D eigenvalue weighted by molar-refractivity contribution is 5.91. The number of carbonyl (C=O) groups is 2. The Kier molecular flexibility index (Phi) is 7.95. The Labute approximate surface area is 211 Å². The van der Waals surface area contributed by atoms with E-state index < -0.39 is 12.1 Å². The van der Waals surface area contributed by atoms with E-state index in [1.165, 1.54) is 0 Å². The molecule has 3 heterocycles. The van der Waals surface area contributed by atoms with Crippen LogP contribution in [0.2, 0.25) is 0 Å². The second-order valence-corrected chi connectivity index (χ2v) is 9.49. The molecule has 4 aromatic rings. The van der Waals surface area contributed by atoms with Crippen molar-refractivity contribution in [3.63, 3.8) is 0 Å². The molecule has 0 radical (unpaired) electrons. The summed E-state index contributed by atoms with van der Waals surface area (Å²) in [7, 11) is 0. The maximum absolute atomic E-state index is 12.4. The zero-order valence-electron chi connectivity index (χ0n) is 20.7. The smallest absolute Gasteiger partial charge is 0.475 e. The highest BCUT2D eigenvalue weighted by atomic mass is 19.4. The highest BCUT2D eigenvalue weighted by Gasteiger charge is 2.38. The van der Waals surface area contributed by atoms with Crippen molar-refractivity contribution in [2.45, 2.75) is 40.3 Å². The van der Waals surface area contributed by atoms with Gasteiger partial charge in [-0.3, -0.25) is 4.79 Å². The minimum Gasteiger partial charge on any atom is -0.475 e. The second-order valence-electron chi connectivity index (χ2n) is 9.49. The minimum absolute atomic E-state index is 0.0534. The van der Waals surface area contributed by atoms with Gasteiger partial charge in [-0.2, -0.15) is 18.3 Å². The zero-order valence-corrected chi connectivity index (χ0v) is 20.7. The van der Waals surface area contributed by atoms with Crippen molar-refractivity contribution in [3.8, 4) is 22.5 Å². The maximum Gasteiger partial charge on any atom is 0.490 e. The summed E-state index contributed by atoms with van der Waals surface area (Å²) >= 11 is 0. The fourth-order valence-electron chi connectivity index (χ4n) is 3.46. The average Bonchev–Trinajstić information content (AvgIpc) is 3.17. The van der Waals surface area contributed by atoms with Gasteiger partial charge in [0.2, 0.25) is 5.91 Å². The van der Waals surface area contributed by atoms with Gasteiger partial charge in [0.15, 0.2) is 5.65 Å². The van der Waals surface area contributed by atoms with Gasteiger partial charge in [0.1, 0.15) is 11.5 Å². The van der Waals surface area contributed by atoms with E-state index in [-0.39, 0.29) is 11.3 Å². The van der Waals surface area contributed by atoms with Crippen LogP contribution in [-0.2, 0) is 9.59 Å². The summed E-state index contributed by atoms with van der Waals surface area (Å²) in [5.74, 6) is -2.29. The van der Waals surface area contributed by atoms with Crippen LogP contribution in [-0.4, -0.2) is 42.7 Å². The van der Waals surface area contributed by atoms with Gasteiger partial charge in [0, 0.05) is 29.9 Å². The molecule has 2 N–H and O–H groups in total. The van der Waals surface area contributed by atoms with Gasteiger partial charge in [-0.1, -0.05) is 44.5 Å². The van der Waals surface area contributed by atoms with Crippen LogP contribution in [0.15, 0.2) is 60.9 Å². The van der Waals surface area contributed by atoms with Crippen molar-refractivity contribution >= 4 is 23.3 Å². The molecule has 0 spiro atoms. The Bertz CT molecular complexity index is 1420. The molecule has 0 aliphatic heterocycles. The van der Waals surface area contributed by atoms with Gasteiger partial charge in [-0.15, -0.1) is 0 Å². The lowest BCUT2D eigenvalue weighted by atomic mass is 9.92. The van der Waals surface area contributed by atoms with Gasteiger partial charge in [-0.25, -0.2) is 19.3 Å². The minimum atomic E-state index is -5.08. The van der Waals surface area contributed by atoms with E-state index in [1.54, 1.807) is 12.4 Å². The second kappa shape index (κ2) is 10.8. The first-order chi connectivity index (χ1) is 17.2. The van der Waals surface area contributed by atoms with Crippen LogP contribution in [0.4, 0.5) is 19.0 Å². The molecule has 0 aliphatic carbocycles. The first kappa shape index (κ1) is 27.3. The van der Waals surface area contributed by atoms with Crippen molar-refractivity contribution in [2.75, 3.05) is 5.32 Å². The third kappa shape index (κ3) is 7.35. The van der Waals surface area contributed by atoms with Crippen LogP contribution in [0.1, 0.15) is 32.8 Å². The topological polar surface area (TPSA) is 109 Å². The summed E-state index contributed by atoms with van der Waals surface area (Å²) in [4.78, 5) is 30.4. The van der Waals surface area contributed by atoms with Gasteiger partial charge >= 0.3 is 12.1 Å². The number of imidazole rings is 1. The van der Waals surface area contributed by atoms with Gasteiger partial charge in [0.05, 0.1) is 5.69 Å². The van der Waals surface area contributed by atoms with E-state index in [0.29, 0.717) is 12.2 Å². The number of hydrogen-bond donors (Lipinski definition) is 2. The first-order valence-electron chi connectivity index (χ1n) is 11.2. The SMILES string of the molecule is Cc1cccc(-c2nc3cccnn3c2-c2ccnc(NC(=O)CC(C)(C)C)c2)c1.O=C(O)C(F)(F)F. The molecule has 1 aromatic carbocycles. The number of carbonyl (C=O) groups excluding carboxylic acids is 1. The van der Waals surface area contributed by atoms with Crippen LogP contribution in [0.5, 0.6) is 0 Å². The number of amides is 1. The molecule has 11 heteroatoms. The van der Waals surface area contributed by atoms with E-state index in [0.717, 1.165) is 33.7 Å². The third-order valence-electron chi connectivity index (χ3n) is 4.92. The van der Waals surface area contributed by atoms with Crippen molar-refractivity contribution in [2.24, 2.45) is 5.41 Å². The summed E-state index contributed by atoms with van der Waals surface area (Å²) < 4.78 is 33.6. The van der Waals surface area contributed by atoms with Crippen LogP contribution >= 0.6 is 0 Å². The molecule has 1 amide bonds. The van der Waals surface area contributed by atoms with Gasteiger partial charge in [0.25, 0.3) is 0 Å². The third-order valence-corrected chi connectivity index (χ3v) is 4.92. The monoisotopic (exact) mass is 513 g/mol. The van der Waals surface area contributed by atoms with E-state index >= 15 is 0 Å². The highest BCUT2D eigenvalue weighted by Crippen LogP contribution is 2.33. The molecule has 0 aliphatic rings. The van der Waals surface area contributed by atoms with Crippen LogP contribution in [0.25, 0.3) is 28.2 Å².